The lowest BCUT2D eigenvalue weighted by atomic mass is 9.86. The first-order chi connectivity index (χ1) is 12.9. The van der Waals surface area contributed by atoms with Crippen LogP contribution in [-0.2, 0) is 11.3 Å². The Balaban J connectivity index is 1.67. The third-order valence-corrected chi connectivity index (χ3v) is 6.25. The van der Waals surface area contributed by atoms with Crippen molar-refractivity contribution in [2.45, 2.75) is 64.6 Å². The van der Waals surface area contributed by atoms with Crippen molar-refractivity contribution < 1.29 is 9.18 Å². The van der Waals surface area contributed by atoms with Gasteiger partial charge in [-0.2, -0.15) is 0 Å². The van der Waals surface area contributed by atoms with Crippen molar-refractivity contribution in [3.63, 3.8) is 0 Å². The van der Waals surface area contributed by atoms with Gasteiger partial charge in [-0.15, -0.1) is 0 Å². The molecule has 1 aromatic rings. The zero-order valence-electron chi connectivity index (χ0n) is 16.7. The van der Waals surface area contributed by atoms with Crippen molar-refractivity contribution in [3.05, 3.63) is 35.6 Å². The van der Waals surface area contributed by atoms with Crippen LogP contribution in [0.25, 0.3) is 0 Å². The van der Waals surface area contributed by atoms with Gasteiger partial charge in [-0.05, 0) is 55.2 Å². The van der Waals surface area contributed by atoms with Crippen molar-refractivity contribution in [1.82, 2.24) is 9.80 Å². The zero-order chi connectivity index (χ0) is 19.4. The van der Waals surface area contributed by atoms with Crippen LogP contribution in [0.5, 0.6) is 0 Å². The van der Waals surface area contributed by atoms with E-state index < -0.39 is 0 Å². The fraction of sp³-hybridized carbons (Fsp3) is 0.682. The third-order valence-electron chi connectivity index (χ3n) is 6.25. The molecule has 2 fully saturated rings. The Labute approximate surface area is 162 Å². The van der Waals surface area contributed by atoms with Crippen molar-refractivity contribution >= 4 is 5.91 Å². The second kappa shape index (κ2) is 9.16. The SMILES string of the molecule is CC(C)[C@H]1CN(CC2CCC(N)CC2)CCC(=O)N1Cc1ccc(F)cc1. The fourth-order valence-corrected chi connectivity index (χ4v) is 4.50. The molecule has 3 rings (SSSR count). The van der Waals surface area contributed by atoms with Gasteiger partial charge in [-0.3, -0.25) is 4.79 Å². The van der Waals surface area contributed by atoms with Crippen molar-refractivity contribution in [2.75, 3.05) is 19.6 Å². The summed E-state index contributed by atoms with van der Waals surface area (Å²) in [6.07, 6.45) is 5.23. The number of nitrogens with two attached hydrogens (primary N) is 1. The Kier molecular flexibility index (Phi) is 6.88. The highest BCUT2D eigenvalue weighted by Gasteiger charge is 2.32. The maximum Gasteiger partial charge on any atom is 0.224 e. The number of hydrogen-bond donors (Lipinski definition) is 1. The van der Waals surface area contributed by atoms with E-state index >= 15 is 0 Å². The molecule has 5 heteroatoms. The molecule has 1 saturated heterocycles. The van der Waals surface area contributed by atoms with E-state index in [-0.39, 0.29) is 17.8 Å². The van der Waals surface area contributed by atoms with E-state index in [1.165, 1.54) is 25.0 Å². The summed E-state index contributed by atoms with van der Waals surface area (Å²) >= 11 is 0. The summed E-state index contributed by atoms with van der Waals surface area (Å²) in [4.78, 5) is 17.4. The van der Waals surface area contributed by atoms with E-state index in [9.17, 15) is 9.18 Å². The Morgan fingerprint density at radius 1 is 1.15 bits per heavy atom. The first kappa shape index (κ1) is 20.3. The molecular formula is C22H34FN3O. The second-order valence-electron chi connectivity index (χ2n) is 8.75. The highest BCUT2D eigenvalue weighted by atomic mass is 19.1. The summed E-state index contributed by atoms with van der Waals surface area (Å²) in [5, 5.41) is 0. The maximum absolute atomic E-state index is 13.2. The van der Waals surface area contributed by atoms with Gasteiger partial charge < -0.3 is 15.5 Å². The lowest BCUT2D eigenvalue weighted by Gasteiger charge is -2.36. The molecule has 2 aliphatic rings. The molecule has 1 atom stereocenters. The second-order valence-corrected chi connectivity index (χ2v) is 8.75. The van der Waals surface area contributed by atoms with Crippen LogP contribution >= 0.6 is 0 Å². The number of rotatable bonds is 5. The summed E-state index contributed by atoms with van der Waals surface area (Å²) < 4.78 is 13.2. The Hall–Kier alpha value is -1.46. The van der Waals surface area contributed by atoms with Gasteiger partial charge >= 0.3 is 0 Å². The van der Waals surface area contributed by atoms with Gasteiger partial charge in [0.05, 0.1) is 0 Å². The summed E-state index contributed by atoms with van der Waals surface area (Å²) in [5.74, 6) is 1.07. The molecule has 2 N–H and O–H groups in total. The van der Waals surface area contributed by atoms with Crippen LogP contribution in [0, 0.1) is 17.7 Å². The molecule has 0 aromatic heterocycles. The summed E-state index contributed by atoms with van der Waals surface area (Å²) in [6, 6.07) is 7.09. The van der Waals surface area contributed by atoms with Crippen LogP contribution in [0.1, 0.15) is 51.5 Å². The number of amides is 1. The lowest BCUT2D eigenvalue weighted by Crippen LogP contribution is -2.46. The van der Waals surface area contributed by atoms with Gasteiger partial charge in [0.15, 0.2) is 0 Å². The highest BCUT2D eigenvalue weighted by Crippen LogP contribution is 2.26. The van der Waals surface area contributed by atoms with Crippen LogP contribution in [-0.4, -0.2) is 47.4 Å². The smallest absolute Gasteiger partial charge is 0.224 e. The number of benzene rings is 1. The Morgan fingerprint density at radius 3 is 2.44 bits per heavy atom. The van der Waals surface area contributed by atoms with Gasteiger partial charge in [-0.1, -0.05) is 26.0 Å². The molecule has 1 aliphatic carbocycles. The van der Waals surface area contributed by atoms with Crippen LogP contribution in [0.4, 0.5) is 4.39 Å². The molecule has 4 nitrogen and oxygen atoms in total. The molecule has 0 radical (unpaired) electrons. The Morgan fingerprint density at radius 2 is 1.81 bits per heavy atom. The summed E-state index contributed by atoms with van der Waals surface area (Å²) in [7, 11) is 0. The van der Waals surface area contributed by atoms with Crippen molar-refractivity contribution in [2.24, 2.45) is 17.6 Å². The molecule has 1 saturated carbocycles. The predicted molar refractivity (Wildman–Crippen MR) is 107 cm³/mol. The van der Waals surface area contributed by atoms with Crippen LogP contribution in [0.3, 0.4) is 0 Å². The molecule has 1 aromatic carbocycles. The minimum Gasteiger partial charge on any atom is -0.334 e. The predicted octanol–water partition coefficient (Wildman–Crippen LogP) is 3.40. The summed E-state index contributed by atoms with van der Waals surface area (Å²) in [6.45, 7) is 7.79. The number of hydrogen-bond acceptors (Lipinski definition) is 3. The maximum atomic E-state index is 13.2. The average Bonchev–Trinajstić information content (AvgIpc) is 2.79. The zero-order valence-corrected chi connectivity index (χ0v) is 16.7. The van der Waals surface area contributed by atoms with Crippen molar-refractivity contribution in [1.29, 1.82) is 0 Å². The van der Waals surface area contributed by atoms with Crippen LogP contribution in [0.2, 0.25) is 0 Å². The van der Waals surface area contributed by atoms with E-state index in [2.05, 4.69) is 18.7 Å². The standard InChI is InChI=1S/C22H34FN3O/c1-16(2)21-15-25(13-17-5-9-20(24)10-6-17)12-11-22(27)26(21)14-18-3-7-19(23)8-4-18/h3-4,7-8,16-17,20-21H,5-6,9-15,24H2,1-2H3/t17?,20?,21-/m1/s1. The van der Waals surface area contributed by atoms with Gasteiger partial charge in [0.2, 0.25) is 5.91 Å². The van der Waals surface area contributed by atoms with Gasteiger partial charge in [0, 0.05) is 44.7 Å². The number of nitrogens with zero attached hydrogens (tertiary/aromatic N) is 2. The van der Waals surface area contributed by atoms with Gasteiger partial charge in [0.1, 0.15) is 5.82 Å². The molecule has 150 valence electrons. The van der Waals surface area contributed by atoms with Crippen LogP contribution < -0.4 is 5.73 Å². The number of halogens is 1. The molecule has 0 unspecified atom stereocenters. The molecule has 1 amide bonds. The minimum absolute atomic E-state index is 0.191. The molecular weight excluding hydrogens is 341 g/mol. The van der Waals surface area contributed by atoms with E-state index in [4.69, 9.17) is 5.73 Å². The van der Waals surface area contributed by atoms with E-state index in [0.717, 1.165) is 38.0 Å². The number of carbonyl (C=O) groups excluding carboxylic acids is 1. The molecule has 27 heavy (non-hydrogen) atoms. The fourth-order valence-electron chi connectivity index (χ4n) is 4.50. The van der Waals surface area contributed by atoms with E-state index in [1.807, 2.05) is 4.90 Å². The minimum atomic E-state index is -0.236. The lowest BCUT2D eigenvalue weighted by molar-refractivity contribution is -0.134. The number of carbonyl (C=O) groups is 1. The topological polar surface area (TPSA) is 49.6 Å². The largest absolute Gasteiger partial charge is 0.334 e. The van der Waals surface area contributed by atoms with Crippen molar-refractivity contribution in [3.8, 4) is 0 Å². The normalized spacial score (nSPS) is 27.8. The van der Waals surface area contributed by atoms with Crippen LogP contribution in [0.15, 0.2) is 24.3 Å². The molecule has 1 aliphatic heterocycles. The summed E-state index contributed by atoms with van der Waals surface area (Å²) in [5.41, 5.74) is 7.04. The monoisotopic (exact) mass is 375 g/mol. The Bertz CT molecular complexity index is 610. The van der Waals surface area contributed by atoms with Gasteiger partial charge in [0.25, 0.3) is 0 Å². The quantitative estimate of drug-likeness (QED) is 0.858. The average molecular weight is 376 g/mol. The highest BCUT2D eigenvalue weighted by molar-refractivity contribution is 5.77. The van der Waals surface area contributed by atoms with E-state index in [1.54, 1.807) is 12.1 Å². The third kappa shape index (κ3) is 5.52. The molecule has 0 bridgehead atoms. The first-order valence-corrected chi connectivity index (χ1v) is 10.4. The van der Waals surface area contributed by atoms with Gasteiger partial charge in [-0.25, -0.2) is 4.39 Å². The first-order valence-electron chi connectivity index (χ1n) is 10.4. The van der Waals surface area contributed by atoms with E-state index in [0.29, 0.717) is 30.8 Å². The molecule has 1 heterocycles. The molecule has 0 spiro atoms.